The second-order valence-corrected chi connectivity index (χ2v) is 4.77. The second-order valence-electron chi connectivity index (χ2n) is 4.77. The molecule has 1 aromatic carbocycles. The van der Waals surface area contributed by atoms with Crippen molar-refractivity contribution in [3.05, 3.63) is 29.3 Å². The number of aryl methyl sites for hydroxylation is 1. The molecule has 1 aromatic rings. The van der Waals surface area contributed by atoms with Gasteiger partial charge in [-0.25, -0.2) is 0 Å². The summed E-state index contributed by atoms with van der Waals surface area (Å²) in [5.74, 6) is 0.297. The molecule has 0 spiro atoms. The molecular formula is C15H17N3O3. The highest BCUT2D eigenvalue weighted by molar-refractivity contribution is 6.02. The van der Waals surface area contributed by atoms with E-state index in [2.05, 4.69) is 10.5 Å². The van der Waals surface area contributed by atoms with Gasteiger partial charge in [-0.2, -0.15) is 5.26 Å². The summed E-state index contributed by atoms with van der Waals surface area (Å²) in [6.45, 7) is 0.222. The number of nitriles is 1. The summed E-state index contributed by atoms with van der Waals surface area (Å²) in [7, 11) is 0. The number of carbonyl (C=O) groups is 1. The van der Waals surface area contributed by atoms with Crippen LogP contribution < -0.4 is 10.1 Å². The van der Waals surface area contributed by atoms with Gasteiger partial charge >= 0.3 is 0 Å². The van der Waals surface area contributed by atoms with E-state index in [-0.39, 0.29) is 18.9 Å². The van der Waals surface area contributed by atoms with E-state index in [9.17, 15) is 4.79 Å². The Kier molecular flexibility index (Phi) is 5.16. The minimum absolute atomic E-state index is 0.101. The lowest BCUT2D eigenvalue weighted by Crippen LogP contribution is -2.29. The van der Waals surface area contributed by atoms with Crippen molar-refractivity contribution >= 4 is 11.6 Å². The summed E-state index contributed by atoms with van der Waals surface area (Å²) in [6.07, 6.45) is 2.93. The number of carbonyl (C=O) groups excluding carboxylic acids is 1. The van der Waals surface area contributed by atoms with E-state index in [1.165, 1.54) is 0 Å². The van der Waals surface area contributed by atoms with E-state index in [1.807, 2.05) is 18.2 Å². The predicted molar refractivity (Wildman–Crippen MR) is 76.4 cm³/mol. The van der Waals surface area contributed by atoms with Crippen LogP contribution in [0, 0.1) is 11.3 Å². The first-order valence-corrected chi connectivity index (χ1v) is 6.85. The number of hydrogen-bond donors (Lipinski definition) is 2. The lowest BCUT2D eigenvalue weighted by atomic mass is 9.90. The highest BCUT2D eigenvalue weighted by Crippen LogP contribution is 2.25. The first-order chi connectivity index (χ1) is 10.2. The molecule has 0 heterocycles. The Morgan fingerprint density at radius 1 is 1.48 bits per heavy atom. The molecule has 1 aliphatic carbocycles. The fourth-order valence-corrected chi connectivity index (χ4v) is 2.27. The van der Waals surface area contributed by atoms with Gasteiger partial charge in [-0.05, 0) is 37.0 Å². The number of fused-ring (bicyclic) bond motifs is 1. The highest BCUT2D eigenvalue weighted by Gasteiger charge is 2.17. The Hall–Kier alpha value is -2.55. The molecule has 21 heavy (non-hydrogen) atoms. The van der Waals surface area contributed by atoms with Crippen LogP contribution in [0.5, 0.6) is 5.75 Å². The van der Waals surface area contributed by atoms with Crippen LogP contribution in [0.25, 0.3) is 0 Å². The Morgan fingerprint density at radius 2 is 2.33 bits per heavy atom. The van der Waals surface area contributed by atoms with Crippen LogP contribution in [0.3, 0.4) is 0 Å². The van der Waals surface area contributed by atoms with Gasteiger partial charge < -0.3 is 15.3 Å². The first-order valence-electron chi connectivity index (χ1n) is 6.85. The molecule has 0 saturated carbocycles. The molecule has 6 heteroatoms. The van der Waals surface area contributed by atoms with Crippen molar-refractivity contribution in [3.63, 3.8) is 0 Å². The van der Waals surface area contributed by atoms with E-state index in [0.717, 1.165) is 30.4 Å². The number of rotatable bonds is 5. The van der Waals surface area contributed by atoms with Crippen LogP contribution in [0.1, 0.15) is 30.4 Å². The fraction of sp³-hybridized carbons (Fsp3) is 0.400. The largest absolute Gasteiger partial charge is 0.484 e. The van der Waals surface area contributed by atoms with Gasteiger partial charge in [-0.15, -0.1) is 0 Å². The average Bonchev–Trinajstić information content (AvgIpc) is 2.52. The zero-order valence-corrected chi connectivity index (χ0v) is 11.6. The normalized spacial score (nSPS) is 15.1. The standard InChI is InChI=1S/C15H17N3O3/c16-7-2-8-17-15(19)10-21-12-6-5-11-3-1-4-14(18-20)13(11)9-12/h5-6,9,20H,1-4,8,10H2,(H,17,19)/b18-14-. The number of nitrogens with one attached hydrogen (secondary N) is 1. The third-order valence-corrected chi connectivity index (χ3v) is 3.30. The van der Waals surface area contributed by atoms with Gasteiger partial charge in [0.05, 0.1) is 18.2 Å². The number of benzene rings is 1. The maximum absolute atomic E-state index is 11.5. The highest BCUT2D eigenvalue weighted by atomic mass is 16.5. The van der Waals surface area contributed by atoms with Crippen molar-refractivity contribution in [2.75, 3.05) is 13.2 Å². The van der Waals surface area contributed by atoms with Gasteiger partial charge in [0.15, 0.2) is 6.61 Å². The number of ether oxygens (including phenoxy) is 1. The molecule has 0 unspecified atom stereocenters. The number of hydrogen-bond acceptors (Lipinski definition) is 5. The Morgan fingerprint density at radius 3 is 3.10 bits per heavy atom. The van der Waals surface area contributed by atoms with E-state index < -0.39 is 0 Å². The van der Waals surface area contributed by atoms with Gasteiger partial charge in [0.25, 0.3) is 5.91 Å². The summed E-state index contributed by atoms with van der Waals surface area (Å²) in [6, 6.07) is 7.49. The van der Waals surface area contributed by atoms with E-state index in [1.54, 1.807) is 6.07 Å². The van der Waals surface area contributed by atoms with Crippen molar-refractivity contribution < 1.29 is 14.7 Å². The molecule has 0 atom stereocenters. The van der Waals surface area contributed by atoms with Crippen molar-refractivity contribution in [3.8, 4) is 11.8 Å². The summed E-state index contributed by atoms with van der Waals surface area (Å²) in [5.41, 5.74) is 2.66. The Bertz CT molecular complexity index is 590. The molecule has 2 N–H and O–H groups in total. The Balaban J connectivity index is 1.96. The third kappa shape index (κ3) is 3.96. The van der Waals surface area contributed by atoms with Crippen LogP contribution in [0.4, 0.5) is 0 Å². The zero-order chi connectivity index (χ0) is 15.1. The smallest absolute Gasteiger partial charge is 0.257 e. The fourth-order valence-electron chi connectivity index (χ4n) is 2.27. The summed E-state index contributed by atoms with van der Waals surface area (Å²) in [4.78, 5) is 11.5. The number of amides is 1. The zero-order valence-electron chi connectivity index (χ0n) is 11.6. The van der Waals surface area contributed by atoms with Crippen molar-refractivity contribution in [2.45, 2.75) is 25.7 Å². The van der Waals surface area contributed by atoms with Crippen LogP contribution in [-0.2, 0) is 11.2 Å². The van der Waals surface area contributed by atoms with Crippen molar-refractivity contribution in [1.29, 1.82) is 5.26 Å². The molecule has 2 rings (SSSR count). The monoisotopic (exact) mass is 287 g/mol. The molecule has 0 aromatic heterocycles. The molecule has 1 aliphatic rings. The minimum atomic E-state index is -0.265. The van der Waals surface area contributed by atoms with Gasteiger partial charge in [0.1, 0.15) is 5.75 Å². The van der Waals surface area contributed by atoms with Gasteiger partial charge in [-0.1, -0.05) is 11.2 Å². The SMILES string of the molecule is N#CCCNC(=O)COc1ccc2c(c1)/C(=N\O)CCC2. The quantitative estimate of drug-likeness (QED) is 0.488. The van der Waals surface area contributed by atoms with Gasteiger partial charge in [0, 0.05) is 12.1 Å². The summed E-state index contributed by atoms with van der Waals surface area (Å²) in [5, 5.41) is 23.3. The number of nitrogens with zero attached hydrogens (tertiary/aromatic N) is 2. The summed E-state index contributed by atoms with van der Waals surface area (Å²) >= 11 is 0. The van der Waals surface area contributed by atoms with E-state index in [4.69, 9.17) is 15.2 Å². The van der Waals surface area contributed by atoms with Gasteiger partial charge in [0.2, 0.25) is 0 Å². The molecule has 0 bridgehead atoms. The lowest BCUT2D eigenvalue weighted by molar-refractivity contribution is -0.123. The molecular weight excluding hydrogens is 270 g/mol. The van der Waals surface area contributed by atoms with E-state index >= 15 is 0 Å². The van der Waals surface area contributed by atoms with Crippen LogP contribution >= 0.6 is 0 Å². The van der Waals surface area contributed by atoms with Gasteiger partial charge in [-0.3, -0.25) is 4.79 Å². The molecule has 6 nitrogen and oxygen atoms in total. The number of oxime groups is 1. The maximum Gasteiger partial charge on any atom is 0.257 e. The molecule has 0 radical (unpaired) electrons. The minimum Gasteiger partial charge on any atom is -0.484 e. The molecule has 0 fully saturated rings. The van der Waals surface area contributed by atoms with Crippen LogP contribution in [0.15, 0.2) is 23.4 Å². The van der Waals surface area contributed by atoms with E-state index in [0.29, 0.717) is 18.0 Å². The Labute approximate surface area is 123 Å². The molecule has 1 amide bonds. The molecule has 0 saturated heterocycles. The van der Waals surface area contributed by atoms with Crippen LogP contribution in [-0.4, -0.2) is 30.0 Å². The second kappa shape index (κ2) is 7.29. The third-order valence-electron chi connectivity index (χ3n) is 3.30. The maximum atomic E-state index is 11.5. The van der Waals surface area contributed by atoms with Crippen molar-refractivity contribution in [2.24, 2.45) is 5.16 Å². The topological polar surface area (TPSA) is 94.7 Å². The summed E-state index contributed by atoms with van der Waals surface area (Å²) < 4.78 is 5.43. The van der Waals surface area contributed by atoms with Crippen molar-refractivity contribution in [1.82, 2.24) is 5.32 Å². The first kappa shape index (κ1) is 14.9. The lowest BCUT2D eigenvalue weighted by Gasteiger charge is -2.17. The average molecular weight is 287 g/mol. The van der Waals surface area contributed by atoms with Crippen LogP contribution in [0.2, 0.25) is 0 Å². The predicted octanol–water partition coefficient (Wildman–Crippen LogP) is 1.61. The molecule has 0 aliphatic heterocycles. The molecule has 110 valence electrons.